The molecule has 0 N–H and O–H groups in total. The lowest BCUT2D eigenvalue weighted by molar-refractivity contribution is 0.203. The zero-order valence-electron chi connectivity index (χ0n) is 17.6. The molecular formula is C25H26BrN3O. The number of pyridine rings is 1. The first kappa shape index (κ1) is 20.6. The average Bonchev–Trinajstić information content (AvgIpc) is 3.17. The molecule has 0 saturated carbocycles. The van der Waals surface area contributed by atoms with Gasteiger partial charge in [0.05, 0.1) is 22.2 Å². The predicted molar refractivity (Wildman–Crippen MR) is 127 cm³/mol. The summed E-state index contributed by atoms with van der Waals surface area (Å²) >= 11 is 3.62. The van der Waals surface area contributed by atoms with Gasteiger partial charge in [0.15, 0.2) is 0 Å². The molecule has 1 aliphatic rings. The van der Waals surface area contributed by atoms with Gasteiger partial charge in [0.25, 0.3) is 0 Å². The van der Waals surface area contributed by atoms with E-state index in [4.69, 9.17) is 4.74 Å². The molecule has 0 aliphatic heterocycles. The van der Waals surface area contributed by atoms with Crippen molar-refractivity contribution in [2.75, 3.05) is 13.6 Å². The van der Waals surface area contributed by atoms with Gasteiger partial charge < -0.3 is 9.64 Å². The van der Waals surface area contributed by atoms with Crippen LogP contribution in [0.1, 0.15) is 23.7 Å². The van der Waals surface area contributed by atoms with Crippen LogP contribution in [-0.2, 0) is 12.8 Å². The van der Waals surface area contributed by atoms with Gasteiger partial charge in [-0.3, -0.25) is 0 Å². The number of aryl methyl sites for hydroxylation is 1. The van der Waals surface area contributed by atoms with E-state index in [1.54, 1.807) is 0 Å². The van der Waals surface area contributed by atoms with E-state index in [0.29, 0.717) is 5.88 Å². The largest absolute Gasteiger partial charge is 0.473 e. The minimum absolute atomic E-state index is 0.0924. The van der Waals surface area contributed by atoms with Gasteiger partial charge in [0.2, 0.25) is 5.88 Å². The highest BCUT2D eigenvalue weighted by atomic mass is 79.9. The van der Waals surface area contributed by atoms with Gasteiger partial charge in [-0.25, -0.2) is 9.98 Å². The highest BCUT2D eigenvalue weighted by molar-refractivity contribution is 9.10. The van der Waals surface area contributed by atoms with Crippen LogP contribution in [0.2, 0.25) is 0 Å². The monoisotopic (exact) mass is 463 g/mol. The van der Waals surface area contributed by atoms with Gasteiger partial charge in [-0.1, -0.05) is 48.5 Å². The lowest BCUT2D eigenvalue weighted by Crippen LogP contribution is -2.17. The molecule has 1 heterocycles. The maximum absolute atomic E-state index is 6.30. The second kappa shape index (κ2) is 9.00. The molecule has 154 valence electrons. The Labute approximate surface area is 186 Å². The Morgan fingerprint density at radius 2 is 1.87 bits per heavy atom. The van der Waals surface area contributed by atoms with E-state index in [1.807, 2.05) is 37.3 Å². The quantitative estimate of drug-likeness (QED) is 0.333. The fourth-order valence-corrected chi connectivity index (χ4v) is 4.03. The van der Waals surface area contributed by atoms with Gasteiger partial charge in [0, 0.05) is 26.4 Å². The number of aliphatic imine (C=N–C) groups is 1. The highest BCUT2D eigenvalue weighted by Gasteiger charge is 2.25. The summed E-state index contributed by atoms with van der Waals surface area (Å²) in [5, 5.41) is 0. The first-order chi connectivity index (χ1) is 14.5. The zero-order chi connectivity index (χ0) is 21.1. The summed E-state index contributed by atoms with van der Waals surface area (Å²) in [6.45, 7) is 4.96. The Balaban J connectivity index is 1.48. The summed E-state index contributed by atoms with van der Waals surface area (Å²) < 4.78 is 7.13. The van der Waals surface area contributed by atoms with Gasteiger partial charge in [0.1, 0.15) is 6.10 Å². The normalized spacial score (nSPS) is 15.4. The Bertz CT molecular complexity index is 1070. The fourth-order valence-electron chi connectivity index (χ4n) is 3.63. The molecule has 0 saturated heterocycles. The highest BCUT2D eigenvalue weighted by Crippen LogP contribution is 2.34. The summed E-state index contributed by atoms with van der Waals surface area (Å²) in [7, 11) is 2.00. The number of ether oxygens (including phenoxy) is 1. The van der Waals surface area contributed by atoms with Crippen molar-refractivity contribution >= 4 is 28.0 Å². The van der Waals surface area contributed by atoms with E-state index in [0.717, 1.165) is 35.2 Å². The van der Waals surface area contributed by atoms with Crippen LogP contribution in [0.5, 0.6) is 5.88 Å². The van der Waals surface area contributed by atoms with Crippen molar-refractivity contribution < 1.29 is 4.74 Å². The first-order valence-electron chi connectivity index (χ1n) is 10.3. The smallest absolute Gasteiger partial charge is 0.228 e. The molecule has 0 radical (unpaired) electrons. The van der Waals surface area contributed by atoms with Crippen molar-refractivity contribution in [2.45, 2.75) is 32.8 Å². The average molecular weight is 464 g/mol. The molecule has 2 aromatic carbocycles. The molecule has 0 fully saturated rings. The van der Waals surface area contributed by atoms with Crippen LogP contribution < -0.4 is 4.74 Å². The number of fused-ring (bicyclic) bond motifs is 1. The van der Waals surface area contributed by atoms with Crippen LogP contribution >= 0.6 is 15.9 Å². The molecule has 4 nitrogen and oxygen atoms in total. The van der Waals surface area contributed by atoms with Gasteiger partial charge >= 0.3 is 0 Å². The van der Waals surface area contributed by atoms with E-state index in [9.17, 15) is 0 Å². The molecule has 0 bridgehead atoms. The third-order valence-electron chi connectivity index (χ3n) is 5.49. The van der Waals surface area contributed by atoms with E-state index in [-0.39, 0.29) is 6.10 Å². The summed E-state index contributed by atoms with van der Waals surface area (Å²) in [5.74, 6) is 0.636. The standard InChI is InChI=1S/C25H26BrN3O/c1-4-29(3)16-27-24-15-23(26)25(28-17(24)2)30-22-13-20-11-10-19(12-21(20)14-22)18-8-6-5-7-9-18/h5-12,15-16,22H,4,13-14H2,1-3H3/b27-16+. The molecule has 0 amide bonds. The van der Waals surface area contributed by atoms with Crippen molar-refractivity contribution in [3.63, 3.8) is 0 Å². The number of halogens is 1. The Hall–Kier alpha value is -2.66. The van der Waals surface area contributed by atoms with Crippen molar-refractivity contribution in [3.05, 3.63) is 75.9 Å². The second-order valence-corrected chi connectivity index (χ2v) is 8.55. The molecule has 1 aliphatic carbocycles. The number of hydrogen-bond acceptors (Lipinski definition) is 3. The molecular weight excluding hydrogens is 438 g/mol. The third kappa shape index (κ3) is 4.57. The number of hydrogen-bond donors (Lipinski definition) is 0. The number of rotatable bonds is 6. The second-order valence-electron chi connectivity index (χ2n) is 7.70. The number of benzene rings is 2. The Kier molecular flexibility index (Phi) is 6.18. The molecule has 1 aromatic heterocycles. The third-order valence-corrected chi connectivity index (χ3v) is 6.06. The summed E-state index contributed by atoms with van der Waals surface area (Å²) in [5.41, 5.74) is 6.92. The first-order valence-corrected chi connectivity index (χ1v) is 11.1. The molecule has 30 heavy (non-hydrogen) atoms. The number of nitrogens with zero attached hydrogens (tertiary/aromatic N) is 3. The van der Waals surface area contributed by atoms with E-state index < -0.39 is 0 Å². The van der Waals surface area contributed by atoms with E-state index in [1.165, 1.54) is 22.3 Å². The van der Waals surface area contributed by atoms with Crippen LogP contribution in [0.25, 0.3) is 11.1 Å². The van der Waals surface area contributed by atoms with E-state index in [2.05, 4.69) is 75.3 Å². The molecule has 5 heteroatoms. The molecule has 4 rings (SSSR count). The van der Waals surface area contributed by atoms with Crippen molar-refractivity contribution in [2.24, 2.45) is 4.99 Å². The minimum atomic E-state index is 0.0924. The van der Waals surface area contributed by atoms with Gasteiger partial charge in [-0.2, -0.15) is 0 Å². The summed E-state index contributed by atoms with van der Waals surface area (Å²) in [6, 6.07) is 19.2. The maximum atomic E-state index is 6.30. The SMILES string of the molecule is CCN(C)/C=N/c1cc(Br)c(OC2Cc3ccc(-c4ccccc4)cc3C2)nc1C. The van der Waals surface area contributed by atoms with Crippen LogP contribution in [0.4, 0.5) is 5.69 Å². The van der Waals surface area contributed by atoms with Crippen LogP contribution in [0.3, 0.4) is 0 Å². The van der Waals surface area contributed by atoms with Gasteiger partial charge in [-0.15, -0.1) is 0 Å². The van der Waals surface area contributed by atoms with Crippen LogP contribution in [0.15, 0.2) is 64.1 Å². The van der Waals surface area contributed by atoms with Gasteiger partial charge in [-0.05, 0) is 58.1 Å². The van der Waals surface area contributed by atoms with Crippen molar-refractivity contribution in [3.8, 4) is 17.0 Å². The van der Waals surface area contributed by atoms with Crippen molar-refractivity contribution in [1.29, 1.82) is 0 Å². The molecule has 0 spiro atoms. The van der Waals surface area contributed by atoms with E-state index >= 15 is 0 Å². The molecule has 1 atom stereocenters. The maximum Gasteiger partial charge on any atom is 0.228 e. The van der Waals surface area contributed by atoms with Crippen LogP contribution in [0, 0.1) is 6.92 Å². The lowest BCUT2D eigenvalue weighted by Gasteiger charge is -2.15. The van der Waals surface area contributed by atoms with Crippen LogP contribution in [-0.4, -0.2) is 35.9 Å². The number of aromatic nitrogens is 1. The minimum Gasteiger partial charge on any atom is -0.473 e. The summed E-state index contributed by atoms with van der Waals surface area (Å²) in [4.78, 5) is 11.2. The Morgan fingerprint density at radius 1 is 1.10 bits per heavy atom. The Morgan fingerprint density at radius 3 is 2.63 bits per heavy atom. The fraction of sp³-hybridized carbons (Fsp3) is 0.280. The topological polar surface area (TPSA) is 37.7 Å². The zero-order valence-corrected chi connectivity index (χ0v) is 19.2. The lowest BCUT2D eigenvalue weighted by atomic mass is 10.0. The molecule has 3 aromatic rings. The predicted octanol–water partition coefficient (Wildman–Crippen LogP) is 5.98. The van der Waals surface area contributed by atoms with Crippen molar-refractivity contribution in [1.82, 2.24) is 9.88 Å². The molecule has 1 unspecified atom stereocenters. The summed E-state index contributed by atoms with van der Waals surface area (Å²) in [6.07, 6.45) is 3.72.